The molecule has 2 N–H and O–H groups in total. The Kier molecular flexibility index (Phi) is 8.20. The van der Waals surface area contributed by atoms with Gasteiger partial charge in [-0.2, -0.15) is 0 Å². The molecule has 1 aromatic carbocycles. The Morgan fingerprint density at radius 1 is 1.25 bits per heavy atom. The molecule has 114 valence electrons. The normalized spacial score (nSPS) is 13.2. The fourth-order valence-corrected chi connectivity index (χ4v) is 2.89. The number of nitrogens with two attached hydrogens (primary N) is 1. The highest BCUT2D eigenvalue weighted by atomic mass is 35.5. The average molecular weight is 297 g/mol. The lowest BCUT2D eigenvalue weighted by Gasteiger charge is -2.22. The molecule has 0 saturated carbocycles. The van der Waals surface area contributed by atoms with Crippen molar-refractivity contribution < 1.29 is 0 Å². The van der Waals surface area contributed by atoms with E-state index >= 15 is 0 Å². The van der Waals surface area contributed by atoms with Crippen LogP contribution < -0.4 is 5.73 Å². The summed E-state index contributed by atoms with van der Waals surface area (Å²) in [6, 6.07) is 8.11. The molecular formula is C17H29ClN2. The predicted molar refractivity (Wildman–Crippen MR) is 89.0 cm³/mol. The van der Waals surface area contributed by atoms with E-state index in [2.05, 4.69) is 31.9 Å². The number of nitrogens with zero attached hydrogens (tertiary/aromatic N) is 1. The van der Waals surface area contributed by atoms with Crippen LogP contribution in [0.2, 0.25) is 5.02 Å². The van der Waals surface area contributed by atoms with Crippen molar-refractivity contribution >= 4 is 11.6 Å². The van der Waals surface area contributed by atoms with Crippen LogP contribution in [0.5, 0.6) is 0 Å². The molecular weight excluding hydrogens is 268 g/mol. The van der Waals surface area contributed by atoms with E-state index in [0.29, 0.717) is 0 Å². The van der Waals surface area contributed by atoms with Crippen LogP contribution in [0.3, 0.4) is 0 Å². The smallest absolute Gasteiger partial charge is 0.0409 e. The molecule has 0 aliphatic carbocycles. The first-order chi connectivity index (χ1) is 9.52. The third-order valence-electron chi connectivity index (χ3n) is 3.94. The van der Waals surface area contributed by atoms with Crippen molar-refractivity contribution in [2.45, 2.75) is 39.7 Å². The minimum atomic E-state index is 0.733. The maximum atomic E-state index is 6.01. The Morgan fingerprint density at radius 2 is 2.00 bits per heavy atom. The number of hydrogen-bond donors (Lipinski definition) is 1. The standard InChI is InChI=1S/C17H29ClN2/c1-14(2)16(9-10-19)7-5-11-20(3)13-15-6-4-8-17(18)12-15/h4,6,8,12,14,16H,5,7,9-11,13,19H2,1-3H3. The van der Waals surface area contributed by atoms with Gasteiger partial charge in [0.25, 0.3) is 0 Å². The van der Waals surface area contributed by atoms with E-state index in [1.54, 1.807) is 0 Å². The van der Waals surface area contributed by atoms with Gasteiger partial charge in [-0.05, 0) is 68.9 Å². The summed E-state index contributed by atoms with van der Waals surface area (Å²) in [5.74, 6) is 1.50. The average Bonchev–Trinajstić information content (AvgIpc) is 2.37. The van der Waals surface area contributed by atoms with Crippen LogP contribution in [-0.2, 0) is 6.54 Å². The van der Waals surface area contributed by atoms with Crippen molar-refractivity contribution in [2.24, 2.45) is 17.6 Å². The van der Waals surface area contributed by atoms with Crippen LogP contribution >= 0.6 is 11.6 Å². The Hall–Kier alpha value is -0.570. The van der Waals surface area contributed by atoms with Gasteiger partial charge in [0.1, 0.15) is 0 Å². The summed E-state index contributed by atoms with van der Waals surface area (Å²) >= 11 is 6.01. The van der Waals surface area contributed by atoms with Crippen LogP contribution in [0.4, 0.5) is 0 Å². The van der Waals surface area contributed by atoms with E-state index in [9.17, 15) is 0 Å². The van der Waals surface area contributed by atoms with Gasteiger partial charge in [0.15, 0.2) is 0 Å². The molecule has 0 aliphatic heterocycles. The van der Waals surface area contributed by atoms with Crippen LogP contribution in [0.25, 0.3) is 0 Å². The highest BCUT2D eigenvalue weighted by molar-refractivity contribution is 6.30. The van der Waals surface area contributed by atoms with E-state index in [-0.39, 0.29) is 0 Å². The minimum absolute atomic E-state index is 0.733. The van der Waals surface area contributed by atoms with E-state index in [1.165, 1.54) is 18.4 Å². The highest BCUT2D eigenvalue weighted by Crippen LogP contribution is 2.20. The molecule has 0 aliphatic rings. The first-order valence-electron chi connectivity index (χ1n) is 7.66. The van der Waals surface area contributed by atoms with Crippen LogP contribution in [-0.4, -0.2) is 25.0 Å². The zero-order chi connectivity index (χ0) is 15.0. The largest absolute Gasteiger partial charge is 0.330 e. The van der Waals surface area contributed by atoms with Crippen molar-refractivity contribution in [1.82, 2.24) is 4.90 Å². The SMILES string of the molecule is CC(C)C(CCN)CCCN(C)Cc1cccc(Cl)c1. The van der Waals surface area contributed by atoms with E-state index in [4.69, 9.17) is 17.3 Å². The Balaban J connectivity index is 2.30. The van der Waals surface area contributed by atoms with Crippen LogP contribution in [0.1, 0.15) is 38.7 Å². The molecule has 20 heavy (non-hydrogen) atoms. The lowest BCUT2D eigenvalue weighted by atomic mass is 9.88. The zero-order valence-electron chi connectivity index (χ0n) is 13.1. The topological polar surface area (TPSA) is 29.3 Å². The van der Waals surface area contributed by atoms with E-state index in [0.717, 1.165) is 42.9 Å². The molecule has 0 fully saturated rings. The van der Waals surface area contributed by atoms with Crippen molar-refractivity contribution in [3.05, 3.63) is 34.9 Å². The molecule has 2 nitrogen and oxygen atoms in total. The van der Waals surface area contributed by atoms with Gasteiger partial charge in [0, 0.05) is 11.6 Å². The summed E-state index contributed by atoms with van der Waals surface area (Å²) in [5.41, 5.74) is 6.97. The lowest BCUT2D eigenvalue weighted by Crippen LogP contribution is -2.21. The Morgan fingerprint density at radius 3 is 2.60 bits per heavy atom. The maximum Gasteiger partial charge on any atom is 0.0409 e. The summed E-state index contributed by atoms with van der Waals surface area (Å²) in [7, 11) is 2.17. The fourth-order valence-electron chi connectivity index (χ4n) is 2.67. The van der Waals surface area contributed by atoms with Crippen LogP contribution in [0, 0.1) is 11.8 Å². The Labute approximate surface area is 129 Å². The zero-order valence-corrected chi connectivity index (χ0v) is 13.9. The molecule has 0 bridgehead atoms. The van der Waals surface area contributed by atoms with Crippen molar-refractivity contribution in [2.75, 3.05) is 20.1 Å². The third-order valence-corrected chi connectivity index (χ3v) is 4.17. The second-order valence-electron chi connectivity index (χ2n) is 6.09. The molecule has 0 radical (unpaired) electrons. The monoisotopic (exact) mass is 296 g/mol. The minimum Gasteiger partial charge on any atom is -0.330 e. The Bertz CT molecular complexity index is 379. The van der Waals surface area contributed by atoms with Gasteiger partial charge < -0.3 is 10.6 Å². The number of halogens is 1. The summed E-state index contributed by atoms with van der Waals surface area (Å²) in [6.07, 6.45) is 3.66. The quantitative estimate of drug-likeness (QED) is 0.741. The summed E-state index contributed by atoms with van der Waals surface area (Å²) in [6.45, 7) is 7.50. The fraction of sp³-hybridized carbons (Fsp3) is 0.647. The number of benzene rings is 1. The van der Waals surface area contributed by atoms with E-state index < -0.39 is 0 Å². The molecule has 1 rings (SSSR count). The van der Waals surface area contributed by atoms with Gasteiger partial charge in [-0.1, -0.05) is 37.6 Å². The third kappa shape index (κ3) is 6.74. The molecule has 0 aromatic heterocycles. The van der Waals surface area contributed by atoms with Gasteiger partial charge in [-0.15, -0.1) is 0 Å². The first-order valence-corrected chi connectivity index (χ1v) is 8.03. The maximum absolute atomic E-state index is 6.01. The molecule has 3 heteroatoms. The first kappa shape index (κ1) is 17.5. The molecule has 0 amide bonds. The van der Waals surface area contributed by atoms with Gasteiger partial charge in [0.2, 0.25) is 0 Å². The number of rotatable bonds is 9. The van der Waals surface area contributed by atoms with Crippen LogP contribution in [0.15, 0.2) is 24.3 Å². The van der Waals surface area contributed by atoms with Gasteiger partial charge in [-0.3, -0.25) is 0 Å². The molecule has 0 spiro atoms. The second kappa shape index (κ2) is 9.38. The highest BCUT2D eigenvalue weighted by Gasteiger charge is 2.12. The van der Waals surface area contributed by atoms with Gasteiger partial charge >= 0.3 is 0 Å². The molecule has 1 unspecified atom stereocenters. The summed E-state index contributed by atoms with van der Waals surface area (Å²) in [5, 5.41) is 0.818. The number of hydrogen-bond acceptors (Lipinski definition) is 2. The molecule has 1 aromatic rings. The summed E-state index contributed by atoms with van der Waals surface area (Å²) in [4.78, 5) is 2.37. The predicted octanol–water partition coefficient (Wildman–Crippen LogP) is 4.17. The molecule has 0 heterocycles. The lowest BCUT2D eigenvalue weighted by molar-refractivity contribution is 0.278. The molecule has 0 saturated heterocycles. The molecule has 1 atom stereocenters. The van der Waals surface area contributed by atoms with Gasteiger partial charge in [-0.25, -0.2) is 0 Å². The van der Waals surface area contributed by atoms with Gasteiger partial charge in [0.05, 0.1) is 0 Å². The second-order valence-corrected chi connectivity index (χ2v) is 6.53. The summed E-state index contributed by atoms with van der Waals surface area (Å²) < 4.78 is 0. The van der Waals surface area contributed by atoms with E-state index in [1.807, 2.05) is 18.2 Å². The van der Waals surface area contributed by atoms with Crippen molar-refractivity contribution in [3.8, 4) is 0 Å². The van der Waals surface area contributed by atoms with Crippen molar-refractivity contribution in [1.29, 1.82) is 0 Å². The van der Waals surface area contributed by atoms with Crippen molar-refractivity contribution in [3.63, 3.8) is 0 Å².